The first-order valence-corrected chi connectivity index (χ1v) is 8.96. The molecule has 0 fully saturated rings. The van der Waals surface area contributed by atoms with E-state index in [2.05, 4.69) is 53.3 Å². The van der Waals surface area contributed by atoms with Crippen molar-refractivity contribution in [1.29, 1.82) is 0 Å². The van der Waals surface area contributed by atoms with Crippen molar-refractivity contribution in [3.63, 3.8) is 0 Å². The van der Waals surface area contributed by atoms with Gasteiger partial charge in [-0.25, -0.2) is 0 Å². The van der Waals surface area contributed by atoms with E-state index in [0.29, 0.717) is 5.92 Å². The number of nitrogens with one attached hydrogen (secondary N) is 1. The lowest BCUT2D eigenvalue weighted by molar-refractivity contribution is 0.550. The summed E-state index contributed by atoms with van der Waals surface area (Å²) in [6.07, 6.45) is 0. The molecule has 0 amide bonds. The van der Waals surface area contributed by atoms with Gasteiger partial charge in [0.05, 0.1) is 0 Å². The lowest BCUT2D eigenvalue weighted by Crippen LogP contribution is -2.19. The third-order valence-corrected chi connectivity index (χ3v) is 4.89. The molecule has 0 saturated heterocycles. The second-order valence-electron chi connectivity index (χ2n) is 5.30. The van der Waals surface area contributed by atoms with Crippen LogP contribution < -0.4 is 5.32 Å². The molecule has 0 aromatic heterocycles. The van der Waals surface area contributed by atoms with Gasteiger partial charge < -0.3 is 5.32 Å². The normalized spacial score (nSPS) is 11.1. The van der Waals surface area contributed by atoms with Crippen LogP contribution in [0.4, 0.5) is 0 Å². The Balaban J connectivity index is 2.16. The molecule has 112 valence electrons. The number of hydrogen-bond donors (Lipinski definition) is 1. The van der Waals surface area contributed by atoms with Gasteiger partial charge in [0.1, 0.15) is 0 Å². The van der Waals surface area contributed by atoms with Crippen molar-refractivity contribution in [3.8, 4) is 0 Å². The first-order valence-electron chi connectivity index (χ1n) is 6.98. The minimum Gasteiger partial charge on any atom is -0.312 e. The average Bonchev–Trinajstić information content (AvgIpc) is 2.41. The Hall–Kier alpha value is -0.480. The van der Waals surface area contributed by atoms with Gasteiger partial charge in [0.25, 0.3) is 0 Å². The predicted molar refractivity (Wildman–Crippen MR) is 96.3 cm³/mol. The Labute approximate surface area is 144 Å². The number of benzene rings is 2. The summed E-state index contributed by atoms with van der Waals surface area (Å²) in [6.45, 7) is 6.20. The Morgan fingerprint density at radius 2 is 1.95 bits per heavy atom. The molecule has 1 N–H and O–H groups in total. The lowest BCUT2D eigenvalue weighted by Gasteiger charge is -2.13. The first kappa shape index (κ1) is 16.9. The second kappa shape index (κ2) is 8.23. The monoisotopic (exact) mass is 383 g/mol. The summed E-state index contributed by atoms with van der Waals surface area (Å²) in [7, 11) is 0. The fraction of sp³-hybridized carbons (Fsp3) is 0.294. The van der Waals surface area contributed by atoms with E-state index >= 15 is 0 Å². The minimum absolute atomic E-state index is 0.633. The van der Waals surface area contributed by atoms with Crippen LogP contribution in [0.1, 0.15) is 19.4 Å². The number of rotatable bonds is 6. The van der Waals surface area contributed by atoms with Crippen molar-refractivity contribution in [2.75, 3.05) is 6.54 Å². The van der Waals surface area contributed by atoms with Crippen molar-refractivity contribution >= 4 is 39.3 Å². The molecule has 0 saturated carbocycles. The Morgan fingerprint density at radius 1 is 1.19 bits per heavy atom. The van der Waals surface area contributed by atoms with Gasteiger partial charge in [-0.15, -0.1) is 0 Å². The van der Waals surface area contributed by atoms with E-state index in [9.17, 15) is 0 Å². The van der Waals surface area contributed by atoms with Crippen molar-refractivity contribution in [3.05, 3.63) is 57.5 Å². The van der Waals surface area contributed by atoms with Crippen LogP contribution in [-0.4, -0.2) is 6.54 Å². The first-order chi connectivity index (χ1) is 10.1. The molecule has 0 aliphatic rings. The standard InChI is InChI=1S/C17H19BrClNS/c1-12(2)10-20-11-15-16(19)7-4-8-17(15)21-14-6-3-5-13(18)9-14/h3-9,12,20H,10-11H2,1-2H3. The van der Waals surface area contributed by atoms with Gasteiger partial charge in [-0.2, -0.15) is 0 Å². The molecule has 0 bridgehead atoms. The molecule has 4 heteroatoms. The molecule has 0 heterocycles. The van der Waals surface area contributed by atoms with Gasteiger partial charge in [-0.05, 0) is 48.4 Å². The predicted octanol–water partition coefficient (Wildman–Crippen LogP) is 6.00. The van der Waals surface area contributed by atoms with Crippen LogP contribution in [0, 0.1) is 5.92 Å². The largest absolute Gasteiger partial charge is 0.312 e. The molecule has 2 aromatic rings. The smallest absolute Gasteiger partial charge is 0.0462 e. The van der Waals surface area contributed by atoms with Crippen molar-refractivity contribution in [2.24, 2.45) is 5.92 Å². The van der Waals surface area contributed by atoms with Crippen LogP contribution in [-0.2, 0) is 6.54 Å². The van der Waals surface area contributed by atoms with E-state index in [-0.39, 0.29) is 0 Å². The SMILES string of the molecule is CC(C)CNCc1c(Cl)cccc1Sc1cccc(Br)c1. The Kier molecular flexibility index (Phi) is 6.62. The Morgan fingerprint density at radius 3 is 2.67 bits per heavy atom. The fourth-order valence-electron chi connectivity index (χ4n) is 1.95. The zero-order valence-electron chi connectivity index (χ0n) is 12.2. The molecular formula is C17H19BrClNS. The van der Waals surface area contributed by atoms with Crippen LogP contribution in [0.25, 0.3) is 0 Å². The summed E-state index contributed by atoms with van der Waals surface area (Å²) in [5.41, 5.74) is 1.17. The van der Waals surface area contributed by atoms with E-state index in [1.165, 1.54) is 15.4 Å². The van der Waals surface area contributed by atoms with Crippen LogP contribution in [0.3, 0.4) is 0 Å². The average molecular weight is 385 g/mol. The van der Waals surface area contributed by atoms with Crippen molar-refractivity contribution in [2.45, 2.75) is 30.2 Å². The van der Waals surface area contributed by atoms with E-state index < -0.39 is 0 Å². The summed E-state index contributed by atoms with van der Waals surface area (Å²) in [5.74, 6) is 0.633. The maximum atomic E-state index is 6.38. The highest BCUT2D eigenvalue weighted by molar-refractivity contribution is 9.10. The van der Waals surface area contributed by atoms with Crippen molar-refractivity contribution < 1.29 is 0 Å². The van der Waals surface area contributed by atoms with Crippen LogP contribution in [0.15, 0.2) is 56.7 Å². The summed E-state index contributed by atoms with van der Waals surface area (Å²) in [5, 5.41) is 4.30. The third-order valence-electron chi connectivity index (χ3n) is 2.95. The molecule has 21 heavy (non-hydrogen) atoms. The van der Waals surface area contributed by atoms with Gasteiger partial charge in [0.2, 0.25) is 0 Å². The highest BCUT2D eigenvalue weighted by Gasteiger charge is 2.09. The highest BCUT2D eigenvalue weighted by Crippen LogP contribution is 2.34. The van der Waals surface area contributed by atoms with E-state index in [0.717, 1.165) is 22.6 Å². The summed E-state index contributed by atoms with van der Waals surface area (Å²) < 4.78 is 1.09. The summed E-state index contributed by atoms with van der Waals surface area (Å²) >= 11 is 11.6. The molecule has 2 rings (SSSR count). The zero-order valence-corrected chi connectivity index (χ0v) is 15.4. The van der Waals surface area contributed by atoms with Crippen molar-refractivity contribution in [1.82, 2.24) is 5.32 Å². The molecule has 0 aliphatic heterocycles. The lowest BCUT2D eigenvalue weighted by atomic mass is 10.2. The summed E-state index contributed by atoms with van der Waals surface area (Å²) in [6, 6.07) is 14.4. The molecule has 1 nitrogen and oxygen atoms in total. The van der Waals surface area contributed by atoms with Gasteiger partial charge in [0, 0.05) is 25.8 Å². The number of hydrogen-bond acceptors (Lipinski definition) is 2. The van der Waals surface area contributed by atoms with Gasteiger partial charge in [-0.3, -0.25) is 0 Å². The maximum absolute atomic E-state index is 6.38. The van der Waals surface area contributed by atoms with Gasteiger partial charge >= 0.3 is 0 Å². The zero-order chi connectivity index (χ0) is 15.2. The number of halogens is 2. The van der Waals surface area contributed by atoms with Gasteiger partial charge in [0.15, 0.2) is 0 Å². The topological polar surface area (TPSA) is 12.0 Å². The second-order valence-corrected chi connectivity index (χ2v) is 7.74. The van der Waals surface area contributed by atoms with E-state index in [1.54, 1.807) is 11.8 Å². The molecule has 0 radical (unpaired) electrons. The fourth-order valence-corrected chi connectivity index (χ4v) is 3.84. The summed E-state index contributed by atoms with van der Waals surface area (Å²) in [4.78, 5) is 2.41. The molecule has 0 unspecified atom stereocenters. The Bertz CT molecular complexity index is 601. The quantitative estimate of drug-likeness (QED) is 0.655. The maximum Gasteiger partial charge on any atom is 0.0462 e. The van der Waals surface area contributed by atoms with Crippen LogP contribution >= 0.6 is 39.3 Å². The molecule has 0 atom stereocenters. The van der Waals surface area contributed by atoms with Crippen LogP contribution in [0.2, 0.25) is 5.02 Å². The molecule has 0 spiro atoms. The molecule has 2 aromatic carbocycles. The minimum atomic E-state index is 0.633. The molecular weight excluding hydrogens is 366 g/mol. The van der Waals surface area contributed by atoms with E-state index in [4.69, 9.17) is 11.6 Å². The third kappa shape index (κ3) is 5.33. The van der Waals surface area contributed by atoms with Gasteiger partial charge in [-0.1, -0.05) is 65.3 Å². The van der Waals surface area contributed by atoms with Crippen LogP contribution in [0.5, 0.6) is 0 Å². The molecule has 0 aliphatic carbocycles. The highest BCUT2D eigenvalue weighted by atomic mass is 79.9. The van der Waals surface area contributed by atoms with E-state index in [1.807, 2.05) is 24.3 Å².